The summed E-state index contributed by atoms with van der Waals surface area (Å²) in [6.45, 7) is 2.66. The largest absolute Gasteiger partial charge is 0.496 e. The second-order valence-corrected chi connectivity index (χ2v) is 6.58. The molecule has 0 N–H and O–H groups in total. The number of aromatic nitrogens is 2. The van der Waals surface area contributed by atoms with Crippen molar-refractivity contribution in [1.29, 1.82) is 0 Å². The molecule has 1 fully saturated rings. The molecule has 0 saturated carbocycles. The standard InChI is InChI=1S/C21H21N3O3/c1-3-14-8-10-16(11-9-14)24-13-15(12-19(24)25)20-22-21(27-23-20)17-6-4-5-7-18(17)26-2/h4-11,15H,3,12-13H2,1-2H3/t15-/m0/s1. The van der Waals surface area contributed by atoms with Gasteiger partial charge in [-0.2, -0.15) is 4.98 Å². The molecule has 1 amide bonds. The third-order valence-corrected chi connectivity index (χ3v) is 4.93. The van der Waals surface area contributed by atoms with E-state index in [1.165, 1.54) is 5.56 Å². The van der Waals surface area contributed by atoms with Gasteiger partial charge in [-0.05, 0) is 36.2 Å². The van der Waals surface area contributed by atoms with Crippen LogP contribution in [0.5, 0.6) is 5.75 Å². The fourth-order valence-corrected chi connectivity index (χ4v) is 3.37. The molecular formula is C21H21N3O3. The monoisotopic (exact) mass is 363 g/mol. The molecule has 6 heteroatoms. The maximum absolute atomic E-state index is 12.5. The summed E-state index contributed by atoms with van der Waals surface area (Å²) in [6.07, 6.45) is 1.35. The molecule has 1 saturated heterocycles. The predicted octanol–water partition coefficient (Wildman–Crippen LogP) is 3.83. The van der Waals surface area contributed by atoms with Gasteiger partial charge >= 0.3 is 0 Å². The van der Waals surface area contributed by atoms with Crippen LogP contribution in [0.3, 0.4) is 0 Å². The summed E-state index contributed by atoms with van der Waals surface area (Å²) in [7, 11) is 1.60. The van der Waals surface area contributed by atoms with Gasteiger partial charge in [0, 0.05) is 24.6 Å². The second kappa shape index (κ2) is 7.23. The number of benzene rings is 2. The fourth-order valence-electron chi connectivity index (χ4n) is 3.37. The normalized spacial score (nSPS) is 16.7. The van der Waals surface area contributed by atoms with Gasteiger partial charge in [0.15, 0.2) is 5.82 Å². The van der Waals surface area contributed by atoms with Crippen LogP contribution in [0.25, 0.3) is 11.5 Å². The summed E-state index contributed by atoms with van der Waals surface area (Å²) in [5.74, 6) is 1.62. The maximum atomic E-state index is 12.5. The van der Waals surface area contributed by atoms with E-state index in [9.17, 15) is 4.79 Å². The average Bonchev–Trinajstić information content (AvgIpc) is 3.35. The zero-order valence-corrected chi connectivity index (χ0v) is 15.4. The van der Waals surface area contributed by atoms with Crippen molar-refractivity contribution in [3.8, 4) is 17.2 Å². The molecule has 0 bridgehead atoms. The number of hydrogen-bond donors (Lipinski definition) is 0. The van der Waals surface area contributed by atoms with Crippen LogP contribution in [0.2, 0.25) is 0 Å². The molecule has 3 aromatic rings. The van der Waals surface area contributed by atoms with Crippen LogP contribution in [-0.2, 0) is 11.2 Å². The third-order valence-electron chi connectivity index (χ3n) is 4.93. The van der Waals surface area contributed by atoms with E-state index in [0.717, 1.165) is 17.7 Å². The predicted molar refractivity (Wildman–Crippen MR) is 102 cm³/mol. The number of carbonyl (C=O) groups is 1. The summed E-state index contributed by atoms with van der Waals surface area (Å²) in [6, 6.07) is 15.6. The van der Waals surface area contributed by atoms with Crippen LogP contribution in [0, 0.1) is 0 Å². The van der Waals surface area contributed by atoms with E-state index < -0.39 is 0 Å². The molecule has 1 aliphatic rings. The highest BCUT2D eigenvalue weighted by atomic mass is 16.5. The maximum Gasteiger partial charge on any atom is 0.261 e. The lowest BCUT2D eigenvalue weighted by Crippen LogP contribution is -2.24. The molecule has 1 aromatic heterocycles. The number of methoxy groups -OCH3 is 1. The SMILES string of the molecule is CCc1ccc(N2C[C@@H](c3noc(-c4ccccc4OC)n3)CC2=O)cc1. The number of carbonyl (C=O) groups excluding carboxylic acids is 1. The molecule has 138 valence electrons. The number of nitrogens with zero attached hydrogens (tertiary/aromatic N) is 3. The molecule has 1 aliphatic heterocycles. The number of hydrogen-bond acceptors (Lipinski definition) is 5. The van der Waals surface area contributed by atoms with Crippen LogP contribution in [-0.4, -0.2) is 29.7 Å². The van der Waals surface area contributed by atoms with Crippen molar-refractivity contribution in [2.45, 2.75) is 25.7 Å². The van der Waals surface area contributed by atoms with Gasteiger partial charge in [0.2, 0.25) is 5.91 Å². The zero-order chi connectivity index (χ0) is 18.8. The van der Waals surface area contributed by atoms with Gasteiger partial charge in [0.05, 0.1) is 12.7 Å². The van der Waals surface area contributed by atoms with Crippen LogP contribution >= 0.6 is 0 Å². The van der Waals surface area contributed by atoms with E-state index in [-0.39, 0.29) is 11.8 Å². The van der Waals surface area contributed by atoms with E-state index >= 15 is 0 Å². The quantitative estimate of drug-likeness (QED) is 0.689. The lowest BCUT2D eigenvalue weighted by atomic mass is 10.1. The Morgan fingerprint density at radius 3 is 2.70 bits per heavy atom. The van der Waals surface area contributed by atoms with Gasteiger partial charge in [0.25, 0.3) is 5.89 Å². The van der Waals surface area contributed by atoms with Crippen molar-refractivity contribution in [3.63, 3.8) is 0 Å². The first kappa shape index (κ1) is 17.3. The van der Waals surface area contributed by atoms with Crippen LogP contribution in [0.4, 0.5) is 5.69 Å². The molecular weight excluding hydrogens is 342 g/mol. The van der Waals surface area contributed by atoms with E-state index in [4.69, 9.17) is 9.26 Å². The minimum atomic E-state index is -0.0874. The second-order valence-electron chi connectivity index (χ2n) is 6.58. The topological polar surface area (TPSA) is 68.5 Å². The van der Waals surface area contributed by atoms with Crippen molar-refractivity contribution in [2.24, 2.45) is 0 Å². The van der Waals surface area contributed by atoms with Crippen LogP contribution in [0.1, 0.15) is 30.7 Å². The van der Waals surface area contributed by atoms with Crippen molar-refractivity contribution >= 4 is 11.6 Å². The first-order chi connectivity index (χ1) is 13.2. The summed E-state index contributed by atoms with van der Waals surface area (Å²) in [5, 5.41) is 4.12. The molecule has 0 aliphatic carbocycles. The molecule has 27 heavy (non-hydrogen) atoms. The van der Waals surface area contributed by atoms with Gasteiger partial charge < -0.3 is 14.2 Å². The number of anilines is 1. The van der Waals surface area contributed by atoms with E-state index in [0.29, 0.717) is 30.4 Å². The molecule has 0 spiro atoms. The first-order valence-corrected chi connectivity index (χ1v) is 9.06. The van der Waals surface area contributed by atoms with Gasteiger partial charge in [-0.3, -0.25) is 4.79 Å². The van der Waals surface area contributed by atoms with Gasteiger partial charge in [0.1, 0.15) is 5.75 Å². The number of para-hydroxylation sites is 1. The molecule has 4 rings (SSSR count). The smallest absolute Gasteiger partial charge is 0.261 e. The molecule has 2 aromatic carbocycles. The zero-order valence-electron chi connectivity index (χ0n) is 15.4. The van der Waals surface area contributed by atoms with Crippen molar-refractivity contribution < 1.29 is 14.1 Å². The number of amides is 1. The lowest BCUT2D eigenvalue weighted by Gasteiger charge is -2.16. The Balaban J connectivity index is 1.55. The lowest BCUT2D eigenvalue weighted by molar-refractivity contribution is -0.117. The van der Waals surface area contributed by atoms with Gasteiger partial charge in [-0.25, -0.2) is 0 Å². The van der Waals surface area contributed by atoms with Crippen LogP contribution in [0.15, 0.2) is 53.1 Å². The highest BCUT2D eigenvalue weighted by molar-refractivity contribution is 5.96. The summed E-state index contributed by atoms with van der Waals surface area (Å²) >= 11 is 0. The highest BCUT2D eigenvalue weighted by Gasteiger charge is 2.34. The molecule has 2 heterocycles. The molecule has 0 radical (unpaired) electrons. The number of aryl methyl sites for hydroxylation is 1. The number of ether oxygens (including phenoxy) is 1. The van der Waals surface area contributed by atoms with Crippen molar-refractivity contribution in [1.82, 2.24) is 10.1 Å². The molecule has 6 nitrogen and oxygen atoms in total. The van der Waals surface area contributed by atoms with Crippen molar-refractivity contribution in [2.75, 3.05) is 18.6 Å². The van der Waals surface area contributed by atoms with E-state index in [2.05, 4.69) is 29.2 Å². The third kappa shape index (κ3) is 3.30. The van der Waals surface area contributed by atoms with Gasteiger partial charge in [-0.1, -0.05) is 36.3 Å². The Labute approximate surface area is 157 Å². The molecule has 1 atom stereocenters. The van der Waals surface area contributed by atoms with E-state index in [1.54, 1.807) is 12.0 Å². The summed E-state index contributed by atoms with van der Waals surface area (Å²) < 4.78 is 10.8. The molecule has 0 unspecified atom stereocenters. The fraction of sp³-hybridized carbons (Fsp3) is 0.286. The Kier molecular flexibility index (Phi) is 4.62. The van der Waals surface area contributed by atoms with Crippen molar-refractivity contribution in [3.05, 3.63) is 59.9 Å². The minimum Gasteiger partial charge on any atom is -0.496 e. The first-order valence-electron chi connectivity index (χ1n) is 9.06. The average molecular weight is 363 g/mol. The Hall–Kier alpha value is -3.15. The van der Waals surface area contributed by atoms with Gasteiger partial charge in [-0.15, -0.1) is 0 Å². The van der Waals surface area contributed by atoms with E-state index in [1.807, 2.05) is 36.4 Å². The summed E-state index contributed by atoms with van der Waals surface area (Å²) in [5.41, 5.74) is 2.91. The Morgan fingerprint density at radius 2 is 1.96 bits per heavy atom. The highest BCUT2D eigenvalue weighted by Crippen LogP contribution is 2.33. The number of rotatable bonds is 5. The minimum absolute atomic E-state index is 0.0768. The Morgan fingerprint density at radius 1 is 1.19 bits per heavy atom. The summed E-state index contributed by atoms with van der Waals surface area (Å²) in [4.78, 5) is 18.8. The van der Waals surface area contributed by atoms with Crippen LogP contribution < -0.4 is 9.64 Å². The Bertz CT molecular complexity index is 949.